The van der Waals surface area contributed by atoms with Crippen LogP contribution in [0.5, 0.6) is 0 Å². The van der Waals surface area contributed by atoms with Crippen LogP contribution in [0.2, 0.25) is 0 Å². The number of pyridine rings is 1. The number of hydrogen-bond acceptors (Lipinski definition) is 7. The number of nitrogens with one attached hydrogen (secondary N) is 1. The average Bonchev–Trinajstić information content (AvgIpc) is 3.25. The number of nitrogens with two attached hydrogens (primary N) is 1. The molecule has 36 heavy (non-hydrogen) atoms. The van der Waals surface area contributed by atoms with Crippen molar-refractivity contribution in [2.75, 3.05) is 36.9 Å². The first kappa shape index (κ1) is 24.1. The summed E-state index contributed by atoms with van der Waals surface area (Å²) in [6.45, 7) is 1.87. The van der Waals surface area contributed by atoms with Gasteiger partial charge in [-0.15, -0.1) is 11.8 Å². The summed E-state index contributed by atoms with van der Waals surface area (Å²) in [5, 5.41) is 2.58. The summed E-state index contributed by atoms with van der Waals surface area (Å²) < 4.78 is 40.8. The van der Waals surface area contributed by atoms with Crippen LogP contribution < -0.4 is 11.1 Å². The summed E-state index contributed by atoms with van der Waals surface area (Å²) in [6, 6.07) is 8.26. The summed E-state index contributed by atoms with van der Waals surface area (Å²) >= 11 is 1.84. The largest absolute Gasteiger partial charge is 0.416 e. The van der Waals surface area contributed by atoms with E-state index in [0.717, 1.165) is 48.6 Å². The van der Waals surface area contributed by atoms with Crippen LogP contribution in [-0.4, -0.2) is 56.0 Å². The second-order valence-corrected chi connectivity index (χ2v) is 9.74. The molecule has 0 spiro atoms. The van der Waals surface area contributed by atoms with Crippen molar-refractivity contribution in [3.05, 3.63) is 71.9 Å². The Labute approximate surface area is 208 Å². The number of alkyl halides is 3. The van der Waals surface area contributed by atoms with E-state index in [9.17, 15) is 18.0 Å². The predicted molar refractivity (Wildman–Crippen MR) is 133 cm³/mol. The molecule has 0 aliphatic carbocycles. The first-order valence-corrected chi connectivity index (χ1v) is 12.1. The number of carbonyl (C=O) groups excluding carboxylic acids is 1. The zero-order chi connectivity index (χ0) is 25.4. The molecule has 1 saturated heterocycles. The van der Waals surface area contributed by atoms with Gasteiger partial charge in [0, 0.05) is 48.6 Å². The predicted octanol–water partition coefficient (Wildman–Crippen LogP) is 4.36. The first-order chi connectivity index (χ1) is 17.2. The third-order valence-electron chi connectivity index (χ3n) is 5.92. The van der Waals surface area contributed by atoms with Crippen molar-refractivity contribution in [3.8, 4) is 11.3 Å². The molecule has 1 atom stereocenters. The smallest absolute Gasteiger partial charge is 0.382 e. The molecule has 5 rings (SSSR count). The monoisotopic (exact) mass is 513 g/mol. The van der Waals surface area contributed by atoms with Gasteiger partial charge in [-0.1, -0.05) is 12.1 Å². The van der Waals surface area contributed by atoms with Gasteiger partial charge >= 0.3 is 6.18 Å². The number of thioether (sulfide) groups is 1. The molecule has 8 nitrogen and oxygen atoms in total. The summed E-state index contributed by atoms with van der Waals surface area (Å²) in [6.07, 6.45) is -0.0391. The number of hydrogen-bond donors (Lipinski definition) is 2. The maximum absolute atomic E-state index is 12.9. The minimum atomic E-state index is -4.53. The van der Waals surface area contributed by atoms with Crippen molar-refractivity contribution in [3.63, 3.8) is 0 Å². The van der Waals surface area contributed by atoms with Crippen LogP contribution in [0.3, 0.4) is 0 Å². The normalized spacial score (nSPS) is 16.8. The number of nitrogen functional groups attached to an aromatic ring is 1. The molecule has 1 aliphatic rings. The number of rotatable bonds is 4. The molecule has 1 aromatic carbocycles. The quantitative estimate of drug-likeness (QED) is 0.418. The lowest BCUT2D eigenvalue weighted by Gasteiger charge is -2.28. The summed E-state index contributed by atoms with van der Waals surface area (Å²) in [5.41, 5.74) is 7.68. The van der Waals surface area contributed by atoms with Crippen molar-refractivity contribution < 1.29 is 18.0 Å². The van der Waals surface area contributed by atoms with E-state index in [0.29, 0.717) is 17.0 Å². The van der Waals surface area contributed by atoms with Crippen LogP contribution >= 0.6 is 11.8 Å². The minimum absolute atomic E-state index is 0.164. The molecule has 0 bridgehead atoms. The number of nitrogens with zero attached hydrogens (tertiary/aromatic N) is 5. The Morgan fingerprint density at radius 1 is 1.17 bits per heavy atom. The van der Waals surface area contributed by atoms with E-state index < -0.39 is 17.6 Å². The van der Waals surface area contributed by atoms with Gasteiger partial charge in [-0.3, -0.25) is 9.20 Å². The van der Waals surface area contributed by atoms with E-state index in [1.54, 1.807) is 30.5 Å². The van der Waals surface area contributed by atoms with Gasteiger partial charge in [-0.25, -0.2) is 15.0 Å². The zero-order valence-corrected chi connectivity index (χ0v) is 20.0. The summed E-state index contributed by atoms with van der Waals surface area (Å²) in [7, 11) is 2.08. The van der Waals surface area contributed by atoms with Gasteiger partial charge in [-0.2, -0.15) is 13.2 Å². The van der Waals surface area contributed by atoms with Gasteiger partial charge in [0.1, 0.15) is 28.7 Å². The maximum Gasteiger partial charge on any atom is 0.416 e. The fraction of sp³-hybridized carbons (Fsp3) is 0.250. The van der Waals surface area contributed by atoms with Gasteiger partial charge in [0.05, 0.1) is 10.8 Å². The molecule has 1 fully saturated rings. The van der Waals surface area contributed by atoms with Crippen LogP contribution in [0.1, 0.15) is 27.0 Å². The SMILES string of the molecule is CN1CCSC(c2nc(-c3ccc(C(=O)Nc4cc(C(F)(F)F)ccn4)cc3)c3c(N)nccn23)C1. The van der Waals surface area contributed by atoms with E-state index >= 15 is 0 Å². The lowest BCUT2D eigenvalue weighted by Crippen LogP contribution is -2.31. The average molecular weight is 514 g/mol. The van der Waals surface area contributed by atoms with Crippen LogP contribution in [-0.2, 0) is 6.18 Å². The van der Waals surface area contributed by atoms with Gasteiger partial charge in [0.15, 0.2) is 0 Å². The van der Waals surface area contributed by atoms with E-state index in [4.69, 9.17) is 10.7 Å². The highest BCUT2D eigenvalue weighted by Crippen LogP contribution is 2.37. The van der Waals surface area contributed by atoms with Crippen molar-refractivity contribution in [2.45, 2.75) is 11.4 Å². The molecule has 0 saturated carbocycles. The van der Waals surface area contributed by atoms with Gasteiger partial charge < -0.3 is 16.0 Å². The second-order valence-electron chi connectivity index (χ2n) is 8.43. The van der Waals surface area contributed by atoms with Crippen LogP contribution in [0.4, 0.5) is 24.8 Å². The molecule has 186 valence electrons. The molecule has 3 N–H and O–H groups in total. The molecule has 4 heterocycles. The Kier molecular flexibility index (Phi) is 6.31. The molecule has 1 amide bonds. The van der Waals surface area contributed by atoms with Gasteiger partial charge in [0.2, 0.25) is 0 Å². The number of aromatic nitrogens is 4. The fourth-order valence-corrected chi connectivity index (χ4v) is 5.47. The third kappa shape index (κ3) is 4.73. The van der Waals surface area contributed by atoms with Crippen LogP contribution in [0.25, 0.3) is 16.8 Å². The van der Waals surface area contributed by atoms with Crippen molar-refractivity contribution in [2.24, 2.45) is 0 Å². The maximum atomic E-state index is 12.9. The van der Waals surface area contributed by atoms with Crippen molar-refractivity contribution in [1.82, 2.24) is 24.3 Å². The van der Waals surface area contributed by atoms with Crippen LogP contribution in [0.15, 0.2) is 55.0 Å². The Morgan fingerprint density at radius 2 is 1.94 bits per heavy atom. The molecular formula is C24H22F3N7OS. The highest BCUT2D eigenvalue weighted by molar-refractivity contribution is 7.99. The number of halogens is 3. The zero-order valence-electron chi connectivity index (χ0n) is 19.2. The number of fused-ring (bicyclic) bond motifs is 1. The molecule has 4 aromatic rings. The van der Waals surface area contributed by atoms with E-state index in [1.807, 2.05) is 22.4 Å². The number of benzene rings is 1. The standard InChI is InChI=1S/C24H22F3N7OS/c1-33-10-11-36-17(13-33)22-32-19(20-21(28)30-8-9-34(20)22)14-2-4-15(5-3-14)23(35)31-18-12-16(6-7-29-18)24(25,26)27/h2-9,12,17H,10-11,13H2,1H3,(H2,28,30)(H,29,31,35). The topological polar surface area (TPSA) is 101 Å². The fourth-order valence-electron chi connectivity index (χ4n) is 4.09. The van der Waals surface area contributed by atoms with E-state index in [1.165, 1.54) is 0 Å². The number of imidazole rings is 1. The highest BCUT2D eigenvalue weighted by Gasteiger charge is 2.31. The Balaban J connectivity index is 1.43. The molecule has 1 unspecified atom stereocenters. The number of amides is 1. The lowest BCUT2D eigenvalue weighted by molar-refractivity contribution is -0.137. The lowest BCUT2D eigenvalue weighted by atomic mass is 10.1. The van der Waals surface area contributed by atoms with Crippen LogP contribution in [0, 0.1) is 0 Å². The van der Waals surface area contributed by atoms with E-state index in [-0.39, 0.29) is 16.6 Å². The number of carbonyl (C=O) groups is 1. The van der Waals surface area contributed by atoms with Gasteiger partial charge in [0.25, 0.3) is 5.91 Å². The van der Waals surface area contributed by atoms with Gasteiger partial charge in [-0.05, 0) is 31.3 Å². The first-order valence-electron chi connectivity index (χ1n) is 11.1. The van der Waals surface area contributed by atoms with E-state index in [2.05, 4.69) is 27.2 Å². The molecule has 3 aromatic heterocycles. The third-order valence-corrected chi connectivity index (χ3v) is 7.10. The second kappa shape index (κ2) is 9.43. The molecule has 1 aliphatic heterocycles. The number of anilines is 2. The number of likely N-dealkylation sites (N-methyl/N-ethyl adjacent to an activating group) is 1. The van der Waals surface area contributed by atoms with Crippen molar-refractivity contribution >= 4 is 34.8 Å². The Morgan fingerprint density at radius 3 is 2.67 bits per heavy atom. The molecule has 12 heteroatoms. The van der Waals surface area contributed by atoms with Crippen molar-refractivity contribution in [1.29, 1.82) is 0 Å². The molecule has 0 radical (unpaired) electrons. The Hall–Kier alpha value is -3.64. The summed E-state index contributed by atoms with van der Waals surface area (Å²) in [4.78, 5) is 27.9. The summed E-state index contributed by atoms with van der Waals surface area (Å²) in [5.74, 6) is 1.46. The minimum Gasteiger partial charge on any atom is -0.382 e. The highest BCUT2D eigenvalue weighted by atomic mass is 32.2. The Bertz CT molecular complexity index is 1420. The molecular weight excluding hydrogens is 491 g/mol.